The average Bonchev–Trinajstić information content (AvgIpc) is 3.23. The van der Waals surface area contributed by atoms with Crippen LogP contribution in [0.5, 0.6) is 11.5 Å². The molecule has 1 amide bonds. The minimum Gasteiger partial charge on any atom is -0.493 e. The Morgan fingerprint density at radius 1 is 1.14 bits per heavy atom. The molecule has 2 aromatic carbocycles. The number of aliphatic imine (C=N–C) groups is 1. The molecule has 2 saturated heterocycles. The van der Waals surface area contributed by atoms with Crippen LogP contribution in [-0.2, 0) is 27.2 Å². The van der Waals surface area contributed by atoms with Gasteiger partial charge in [0.1, 0.15) is 0 Å². The van der Waals surface area contributed by atoms with Gasteiger partial charge in [-0.3, -0.25) is 4.79 Å². The van der Waals surface area contributed by atoms with Crippen LogP contribution in [0.15, 0.2) is 41.4 Å². The van der Waals surface area contributed by atoms with Gasteiger partial charge in [0.15, 0.2) is 26.5 Å². The van der Waals surface area contributed by atoms with Crippen molar-refractivity contribution >= 4 is 50.0 Å². The number of nitrogens with zero attached hydrogens (tertiary/aromatic N) is 2. The molecule has 2 aliphatic heterocycles. The summed E-state index contributed by atoms with van der Waals surface area (Å²) in [5.74, 6) is -0.0902. The number of ether oxygens (including phenoxy) is 2. The van der Waals surface area contributed by atoms with E-state index in [1.54, 1.807) is 18.2 Å². The van der Waals surface area contributed by atoms with E-state index in [1.807, 2.05) is 0 Å². The van der Waals surface area contributed by atoms with Gasteiger partial charge in [0.25, 0.3) is 5.91 Å². The van der Waals surface area contributed by atoms with Crippen molar-refractivity contribution in [3.63, 3.8) is 0 Å². The maximum absolute atomic E-state index is 13.4. The van der Waals surface area contributed by atoms with Crippen LogP contribution >= 0.6 is 23.4 Å². The van der Waals surface area contributed by atoms with Crippen molar-refractivity contribution in [1.29, 1.82) is 0 Å². The summed E-state index contributed by atoms with van der Waals surface area (Å²) in [4.78, 5) is 18.3. The third-order valence-corrected chi connectivity index (χ3v) is 9.15. The second-order valence-electron chi connectivity index (χ2n) is 7.99. The highest BCUT2D eigenvalue weighted by atomic mass is 35.5. The fourth-order valence-electron chi connectivity index (χ4n) is 4.03. The van der Waals surface area contributed by atoms with Crippen molar-refractivity contribution in [2.24, 2.45) is 4.99 Å². The molecule has 0 N–H and O–H groups in total. The van der Waals surface area contributed by atoms with E-state index in [0.29, 0.717) is 17.1 Å². The Hall–Kier alpha value is -2.44. The second kappa shape index (κ2) is 9.55. The maximum atomic E-state index is 13.4. The Bertz CT molecular complexity index is 1300. The van der Waals surface area contributed by atoms with Crippen LogP contribution < -0.4 is 14.4 Å². The number of thioether (sulfide) groups is 1. The van der Waals surface area contributed by atoms with Gasteiger partial charge in [0.2, 0.25) is 0 Å². The summed E-state index contributed by atoms with van der Waals surface area (Å²) in [6.45, 7) is 0. The van der Waals surface area contributed by atoms with Crippen LogP contribution in [0, 0.1) is 0 Å². The zero-order chi connectivity index (χ0) is 25.5. The van der Waals surface area contributed by atoms with Crippen molar-refractivity contribution in [2.75, 3.05) is 30.6 Å². The van der Waals surface area contributed by atoms with Crippen LogP contribution in [0.25, 0.3) is 0 Å². The lowest BCUT2D eigenvalue weighted by molar-refractivity contribution is -0.137. The molecule has 2 fully saturated rings. The third kappa shape index (κ3) is 5.39. The van der Waals surface area contributed by atoms with Crippen molar-refractivity contribution in [3.8, 4) is 11.5 Å². The molecule has 0 saturated carbocycles. The number of benzene rings is 2. The number of rotatable bonds is 5. The van der Waals surface area contributed by atoms with Crippen molar-refractivity contribution in [1.82, 2.24) is 0 Å². The lowest BCUT2D eigenvalue weighted by atomic mass is 10.1. The van der Waals surface area contributed by atoms with Gasteiger partial charge in [0, 0.05) is 5.25 Å². The van der Waals surface area contributed by atoms with Gasteiger partial charge in [-0.05, 0) is 35.9 Å². The van der Waals surface area contributed by atoms with Gasteiger partial charge in [-0.15, -0.1) is 0 Å². The van der Waals surface area contributed by atoms with Crippen LogP contribution in [-0.4, -0.2) is 56.5 Å². The number of hydrogen-bond donors (Lipinski definition) is 0. The number of hydrogen-bond acceptors (Lipinski definition) is 6. The maximum Gasteiger partial charge on any atom is 0.416 e. The molecular formula is C22H20ClF3N2O5S2. The first-order valence-electron chi connectivity index (χ1n) is 10.3. The minimum absolute atomic E-state index is 0.0106. The Balaban J connectivity index is 1.69. The summed E-state index contributed by atoms with van der Waals surface area (Å²) in [5, 5.41) is -0.386. The van der Waals surface area contributed by atoms with Crippen LogP contribution in [0.4, 0.5) is 18.9 Å². The van der Waals surface area contributed by atoms with Crippen LogP contribution in [0.1, 0.15) is 11.1 Å². The molecular weight excluding hydrogens is 529 g/mol. The topological polar surface area (TPSA) is 85.3 Å². The normalized spacial score (nSPS) is 22.3. The molecule has 2 atom stereocenters. The standard InChI is InChI=1S/C22H20ClF3N2O5S2/c1-32-17-6-3-12(7-18(17)33-2)8-20(29)27-21-28(16-10-35(30,31)11-19(16)34-21)15-9-13(22(24,25)26)4-5-14(15)23/h3-7,9,16,19H,8,10-11H2,1-2H3. The Labute approximate surface area is 209 Å². The minimum atomic E-state index is -4.63. The van der Waals surface area contributed by atoms with E-state index >= 15 is 0 Å². The highest BCUT2D eigenvalue weighted by Crippen LogP contribution is 2.44. The van der Waals surface area contributed by atoms with E-state index in [-0.39, 0.29) is 33.8 Å². The second-order valence-corrected chi connectivity index (χ2v) is 11.8. The van der Waals surface area contributed by atoms with E-state index in [2.05, 4.69) is 4.99 Å². The molecule has 188 valence electrons. The molecule has 0 bridgehead atoms. The van der Waals surface area contributed by atoms with Crippen molar-refractivity contribution < 1.29 is 35.9 Å². The Morgan fingerprint density at radius 2 is 1.86 bits per heavy atom. The molecule has 2 unspecified atom stereocenters. The molecule has 0 radical (unpaired) electrons. The molecule has 13 heteroatoms. The molecule has 2 aromatic rings. The van der Waals surface area contributed by atoms with E-state index < -0.39 is 38.8 Å². The van der Waals surface area contributed by atoms with Crippen LogP contribution in [0.2, 0.25) is 5.02 Å². The molecule has 2 aliphatic rings. The van der Waals surface area contributed by atoms with Crippen LogP contribution in [0.3, 0.4) is 0 Å². The van der Waals surface area contributed by atoms with E-state index in [4.69, 9.17) is 21.1 Å². The summed E-state index contributed by atoms with van der Waals surface area (Å²) >= 11 is 7.30. The molecule has 35 heavy (non-hydrogen) atoms. The monoisotopic (exact) mass is 548 g/mol. The molecule has 0 aliphatic carbocycles. The lowest BCUT2D eigenvalue weighted by Crippen LogP contribution is -2.38. The number of fused-ring (bicyclic) bond motifs is 1. The first kappa shape index (κ1) is 25.6. The molecule has 4 rings (SSSR count). The number of alkyl halides is 3. The number of carbonyl (C=O) groups is 1. The summed E-state index contributed by atoms with van der Waals surface area (Å²) in [5.41, 5.74) is -0.398. The van der Waals surface area contributed by atoms with Crippen molar-refractivity contribution in [2.45, 2.75) is 23.9 Å². The molecule has 0 spiro atoms. The predicted octanol–water partition coefficient (Wildman–Crippen LogP) is 4.22. The van der Waals surface area contributed by atoms with E-state index in [1.165, 1.54) is 19.1 Å². The van der Waals surface area contributed by atoms with Gasteiger partial charge in [-0.2, -0.15) is 18.2 Å². The number of anilines is 1. The lowest BCUT2D eigenvalue weighted by Gasteiger charge is -2.26. The average molecular weight is 549 g/mol. The van der Waals surface area contributed by atoms with Gasteiger partial charge >= 0.3 is 6.18 Å². The highest BCUT2D eigenvalue weighted by Gasteiger charge is 2.50. The number of amidine groups is 1. The van der Waals surface area contributed by atoms with Gasteiger partial charge in [-0.25, -0.2) is 8.42 Å². The van der Waals surface area contributed by atoms with E-state index in [0.717, 1.165) is 30.0 Å². The van der Waals surface area contributed by atoms with Gasteiger partial charge in [-0.1, -0.05) is 29.4 Å². The van der Waals surface area contributed by atoms with Crippen molar-refractivity contribution in [3.05, 3.63) is 52.5 Å². The first-order valence-corrected chi connectivity index (χ1v) is 13.3. The number of halogens is 4. The Kier molecular flexibility index (Phi) is 7.00. The summed E-state index contributed by atoms with van der Waals surface area (Å²) < 4.78 is 75.0. The molecule has 0 aromatic heterocycles. The number of carbonyl (C=O) groups excluding carboxylic acids is 1. The third-order valence-electron chi connectivity index (χ3n) is 5.62. The fourth-order valence-corrected chi connectivity index (χ4v) is 8.16. The molecule has 7 nitrogen and oxygen atoms in total. The van der Waals surface area contributed by atoms with Gasteiger partial charge in [0.05, 0.1) is 54.5 Å². The zero-order valence-corrected chi connectivity index (χ0v) is 20.9. The summed E-state index contributed by atoms with van der Waals surface area (Å²) in [6.07, 6.45) is -4.74. The predicted molar refractivity (Wildman–Crippen MR) is 128 cm³/mol. The largest absolute Gasteiger partial charge is 0.493 e. The molecule has 2 heterocycles. The van der Waals surface area contributed by atoms with Gasteiger partial charge < -0.3 is 14.4 Å². The van der Waals surface area contributed by atoms with E-state index in [9.17, 15) is 26.4 Å². The first-order chi connectivity index (χ1) is 16.4. The Morgan fingerprint density at radius 3 is 2.51 bits per heavy atom. The summed E-state index contributed by atoms with van der Waals surface area (Å²) in [7, 11) is -0.463. The SMILES string of the molecule is COc1ccc(CC(=O)N=C2SC3CS(=O)(=O)CC3N2c2cc(C(F)(F)F)ccc2Cl)cc1OC. The zero-order valence-electron chi connectivity index (χ0n) is 18.5. The smallest absolute Gasteiger partial charge is 0.416 e. The quantitative estimate of drug-likeness (QED) is 0.553. The summed E-state index contributed by atoms with van der Waals surface area (Å²) in [6, 6.07) is 7.04. The number of sulfone groups is 1. The fraction of sp³-hybridized carbons (Fsp3) is 0.364. The highest BCUT2D eigenvalue weighted by molar-refractivity contribution is 8.16. The number of amides is 1. The number of methoxy groups -OCH3 is 2.